The Morgan fingerprint density at radius 2 is 2.00 bits per heavy atom. The topological polar surface area (TPSA) is 61.4 Å². The second-order valence-electron chi connectivity index (χ2n) is 4.87. The van der Waals surface area contributed by atoms with Gasteiger partial charge in [-0.3, -0.25) is 4.79 Å². The number of nitrogens with zero attached hydrogens (tertiary/aromatic N) is 4. The van der Waals surface area contributed by atoms with Crippen molar-refractivity contribution in [2.75, 3.05) is 38.6 Å². The SMILES string of the molecule is CNCc1cnc(N(C)CC(=O)N2CCCC2)nc1. The number of nitrogens with one attached hydrogen (secondary N) is 1. The molecule has 19 heavy (non-hydrogen) atoms. The van der Waals surface area contributed by atoms with Crippen LogP contribution in [0.15, 0.2) is 12.4 Å². The lowest BCUT2D eigenvalue weighted by Gasteiger charge is -2.21. The Hall–Kier alpha value is -1.69. The number of rotatable bonds is 5. The molecule has 1 aliphatic heterocycles. The lowest BCUT2D eigenvalue weighted by molar-refractivity contribution is -0.128. The van der Waals surface area contributed by atoms with Gasteiger partial charge in [-0.25, -0.2) is 9.97 Å². The molecule has 0 bridgehead atoms. The minimum atomic E-state index is 0.155. The molecule has 1 aromatic rings. The van der Waals surface area contributed by atoms with E-state index in [2.05, 4.69) is 15.3 Å². The van der Waals surface area contributed by atoms with E-state index in [4.69, 9.17) is 0 Å². The lowest BCUT2D eigenvalue weighted by Crippen LogP contribution is -2.37. The molecule has 1 aromatic heterocycles. The van der Waals surface area contributed by atoms with Gasteiger partial charge in [0.1, 0.15) is 0 Å². The molecule has 0 spiro atoms. The Balaban J connectivity index is 1.91. The zero-order valence-electron chi connectivity index (χ0n) is 11.6. The van der Waals surface area contributed by atoms with Gasteiger partial charge in [-0.2, -0.15) is 0 Å². The summed E-state index contributed by atoms with van der Waals surface area (Å²) < 4.78 is 0. The summed E-state index contributed by atoms with van der Waals surface area (Å²) in [7, 11) is 3.73. The van der Waals surface area contributed by atoms with Crippen LogP contribution in [0.1, 0.15) is 18.4 Å². The maximum absolute atomic E-state index is 12.0. The lowest BCUT2D eigenvalue weighted by atomic mass is 10.3. The van der Waals surface area contributed by atoms with E-state index in [-0.39, 0.29) is 5.91 Å². The zero-order chi connectivity index (χ0) is 13.7. The van der Waals surface area contributed by atoms with Gasteiger partial charge in [0.15, 0.2) is 0 Å². The van der Waals surface area contributed by atoms with Crippen LogP contribution in [-0.4, -0.2) is 54.5 Å². The number of anilines is 1. The minimum absolute atomic E-state index is 0.155. The molecule has 1 aliphatic rings. The van der Waals surface area contributed by atoms with Crippen LogP contribution in [0.3, 0.4) is 0 Å². The molecule has 0 unspecified atom stereocenters. The molecule has 6 heteroatoms. The Bertz CT molecular complexity index is 414. The van der Waals surface area contributed by atoms with E-state index in [9.17, 15) is 4.79 Å². The summed E-state index contributed by atoms with van der Waals surface area (Å²) in [6.07, 6.45) is 5.81. The number of carbonyl (C=O) groups excluding carboxylic acids is 1. The maximum atomic E-state index is 12.0. The molecule has 2 heterocycles. The third-order valence-electron chi connectivity index (χ3n) is 3.25. The fraction of sp³-hybridized carbons (Fsp3) is 0.615. The van der Waals surface area contributed by atoms with Crippen LogP contribution in [0.5, 0.6) is 0 Å². The normalized spacial score (nSPS) is 14.7. The third-order valence-corrected chi connectivity index (χ3v) is 3.25. The molecule has 6 nitrogen and oxygen atoms in total. The van der Waals surface area contributed by atoms with E-state index in [0.29, 0.717) is 12.5 Å². The number of carbonyl (C=O) groups is 1. The van der Waals surface area contributed by atoms with Gasteiger partial charge in [0, 0.05) is 44.6 Å². The van der Waals surface area contributed by atoms with Crippen LogP contribution in [0.4, 0.5) is 5.95 Å². The maximum Gasteiger partial charge on any atom is 0.242 e. The van der Waals surface area contributed by atoms with E-state index in [1.54, 1.807) is 17.3 Å². The molecule has 104 valence electrons. The summed E-state index contributed by atoms with van der Waals surface area (Å²) in [4.78, 5) is 24.3. The first kappa shape index (κ1) is 13.7. The van der Waals surface area contributed by atoms with Crippen molar-refractivity contribution in [2.45, 2.75) is 19.4 Å². The van der Waals surface area contributed by atoms with Crippen LogP contribution in [-0.2, 0) is 11.3 Å². The predicted octanol–water partition coefficient (Wildman–Crippen LogP) is 0.255. The first-order chi connectivity index (χ1) is 9.20. The molecule has 0 saturated carbocycles. The van der Waals surface area contributed by atoms with Crippen molar-refractivity contribution in [1.82, 2.24) is 20.2 Å². The summed E-state index contributed by atoms with van der Waals surface area (Å²) in [5, 5.41) is 3.05. The predicted molar refractivity (Wildman–Crippen MR) is 73.9 cm³/mol. The van der Waals surface area contributed by atoms with Crippen LogP contribution < -0.4 is 10.2 Å². The second-order valence-corrected chi connectivity index (χ2v) is 4.87. The smallest absolute Gasteiger partial charge is 0.242 e. The van der Waals surface area contributed by atoms with Gasteiger partial charge in [-0.05, 0) is 19.9 Å². The summed E-state index contributed by atoms with van der Waals surface area (Å²) in [6.45, 7) is 2.85. The molecule has 0 atom stereocenters. The highest BCUT2D eigenvalue weighted by atomic mass is 16.2. The molecule has 1 fully saturated rings. The van der Waals surface area contributed by atoms with Crippen LogP contribution in [0, 0.1) is 0 Å². The van der Waals surface area contributed by atoms with Crippen molar-refractivity contribution in [3.63, 3.8) is 0 Å². The Labute approximate surface area is 113 Å². The molecule has 0 aliphatic carbocycles. The first-order valence-corrected chi connectivity index (χ1v) is 6.65. The van der Waals surface area contributed by atoms with Crippen molar-refractivity contribution in [3.05, 3.63) is 18.0 Å². The Morgan fingerprint density at radius 3 is 2.58 bits per heavy atom. The number of amides is 1. The summed E-state index contributed by atoms with van der Waals surface area (Å²) in [6, 6.07) is 0. The van der Waals surface area contributed by atoms with E-state index in [0.717, 1.165) is 38.0 Å². The standard InChI is InChI=1S/C13H21N5O/c1-14-7-11-8-15-13(16-9-11)17(2)10-12(19)18-5-3-4-6-18/h8-9,14H,3-7,10H2,1-2H3. The van der Waals surface area contributed by atoms with Crippen LogP contribution in [0.2, 0.25) is 0 Å². The molecule has 2 rings (SSSR count). The highest BCUT2D eigenvalue weighted by Crippen LogP contribution is 2.10. The molecule has 1 saturated heterocycles. The quantitative estimate of drug-likeness (QED) is 0.825. The zero-order valence-corrected chi connectivity index (χ0v) is 11.6. The van der Waals surface area contributed by atoms with E-state index < -0.39 is 0 Å². The Morgan fingerprint density at radius 1 is 1.37 bits per heavy atom. The number of likely N-dealkylation sites (N-methyl/N-ethyl adjacent to an activating group) is 1. The van der Waals surface area contributed by atoms with Crippen LogP contribution >= 0.6 is 0 Å². The first-order valence-electron chi connectivity index (χ1n) is 6.65. The minimum Gasteiger partial charge on any atom is -0.341 e. The summed E-state index contributed by atoms with van der Waals surface area (Å²) in [5.74, 6) is 0.746. The molecular weight excluding hydrogens is 242 g/mol. The third kappa shape index (κ3) is 3.64. The van der Waals surface area contributed by atoms with Crippen molar-refractivity contribution in [1.29, 1.82) is 0 Å². The molecular formula is C13H21N5O. The van der Waals surface area contributed by atoms with Gasteiger partial charge >= 0.3 is 0 Å². The summed E-state index contributed by atoms with van der Waals surface area (Å²) >= 11 is 0. The molecule has 0 radical (unpaired) electrons. The van der Waals surface area contributed by atoms with Crippen molar-refractivity contribution < 1.29 is 4.79 Å². The van der Waals surface area contributed by atoms with Gasteiger partial charge in [-0.15, -0.1) is 0 Å². The van der Waals surface area contributed by atoms with Crippen LogP contribution in [0.25, 0.3) is 0 Å². The van der Waals surface area contributed by atoms with Gasteiger partial charge in [0.2, 0.25) is 11.9 Å². The number of hydrogen-bond acceptors (Lipinski definition) is 5. The number of aromatic nitrogens is 2. The fourth-order valence-electron chi connectivity index (χ4n) is 2.18. The molecule has 0 aromatic carbocycles. The van der Waals surface area contributed by atoms with E-state index >= 15 is 0 Å². The largest absolute Gasteiger partial charge is 0.341 e. The molecule has 1 N–H and O–H groups in total. The average Bonchev–Trinajstić information content (AvgIpc) is 2.94. The van der Waals surface area contributed by atoms with E-state index in [1.165, 1.54) is 0 Å². The van der Waals surface area contributed by atoms with Gasteiger partial charge in [0.05, 0.1) is 6.54 Å². The monoisotopic (exact) mass is 263 g/mol. The van der Waals surface area contributed by atoms with E-state index in [1.807, 2.05) is 19.0 Å². The van der Waals surface area contributed by atoms with Gasteiger partial charge in [-0.1, -0.05) is 0 Å². The van der Waals surface area contributed by atoms with Crippen molar-refractivity contribution in [3.8, 4) is 0 Å². The fourth-order valence-corrected chi connectivity index (χ4v) is 2.18. The second kappa shape index (κ2) is 6.47. The Kier molecular flexibility index (Phi) is 4.68. The van der Waals surface area contributed by atoms with Gasteiger partial charge < -0.3 is 15.1 Å². The average molecular weight is 263 g/mol. The molecule has 1 amide bonds. The number of likely N-dealkylation sites (tertiary alicyclic amines) is 1. The van der Waals surface area contributed by atoms with Crippen molar-refractivity contribution in [2.24, 2.45) is 0 Å². The van der Waals surface area contributed by atoms with Gasteiger partial charge in [0.25, 0.3) is 0 Å². The highest BCUT2D eigenvalue weighted by molar-refractivity contribution is 5.81. The van der Waals surface area contributed by atoms with Crippen molar-refractivity contribution >= 4 is 11.9 Å². The highest BCUT2D eigenvalue weighted by Gasteiger charge is 2.19. The summed E-state index contributed by atoms with van der Waals surface area (Å²) in [5.41, 5.74) is 1.03. The number of hydrogen-bond donors (Lipinski definition) is 1.